The van der Waals surface area contributed by atoms with Gasteiger partial charge >= 0.3 is 0 Å². The molecule has 2 aromatic rings. The molecule has 0 aliphatic carbocycles. The molecule has 0 unspecified atom stereocenters. The first-order valence-corrected chi connectivity index (χ1v) is 11.4. The fourth-order valence-corrected chi connectivity index (χ4v) is 4.98. The highest BCUT2D eigenvalue weighted by molar-refractivity contribution is 7.13. The Kier molecular flexibility index (Phi) is 7.26. The minimum Gasteiger partial charge on any atom is -0.335 e. The molecule has 0 radical (unpaired) electrons. The zero-order chi connectivity index (χ0) is 21.8. The van der Waals surface area contributed by atoms with Crippen molar-refractivity contribution in [2.75, 3.05) is 38.0 Å². The summed E-state index contributed by atoms with van der Waals surface area (Å²) in [7, 11) is 0. The van der Waals surface area contributed by atoms with Crippen LogP contribution in [-0.2, 0) is 11.2 Å². The molecule has 1 aromatic carbocycles. The van der Waals surface area contributed by atoms with Crippen molar-refractivity contribution < 1.29 is 9.59 Å². The first kappa shape index (κ1) is 22.4. The molecule has 2 heterocycles. The first-order valence-electron chi connectivity index (χ1n) is 10.6. The van der Waals surface area contributed by atoms with Crippen molar-refractivity contribution in [3.8, 4) is 0 Å². The molecule has 6 nitrogen and oxygen atoms in total. The molecule has 162 valence electrons. The molecule has 0 bridgehead atoms. The molecule has 1 aromatic heterocycles. The normalized spacial score (nSPS) is 14.9. The van der Waals surface area contributed by atoms with Gasteiger partial charge in [0.25, 0.3) is 5.91 Å². The summed E-state index contributed by atoms with van der Waals surface area (Å²) in [5.41, 5.74) is 3.86. The summed E-state index contributed by atoms with van der Waals surface area (Å²) in [5.74, 6) is 0.583. The number of aromatic nitrogens is 1. The second kappa shape index (κ2) is 9.71. The second-order valence-electron chi connectivity index (χ2n) is 8.50. The van der Waals surface area contributed by atoms with Crippen LogP contribution in [0.2, 0.25) is 0 Å². The highest BCUT2D eigenvalue weighted by atomic mass is 32.1. The number of thiazole rings is 1. The second-order valence-corrected chi connectivity index (χ2v) is 9.59. The maximum atomic E-state index is 13.0. The molecule has 30 heavy (non-hydrogen) atoms. The number of carbonyl (C=O) groups is 2. The molecule has 1 aliphatic rings. The summed E-state index contributed by atoms with van der Waals surface area (Å²) in [5, 5.41) is 4.08. The SMILES string of the molecule is Cc1cccc(C)c1NC(=O)CN1CCN(C(=O)c2sc(CC(C)C)nc2C)CC1. The standard InChI is InChI=1S/C23H32N4O2S/c1-15(2)13-20-24-18(5)22(30-20)23(29)27-11-9-26(10-12-27)14-19(28)25-21-16(3)7-6-8-17(21)4/h6-8,15H,9-14H2,1-5H3,(H,25,28). The molecule has 2 amide bonds. The molecule has 7 heteroatoms. The zero-order valence-electron chi connectivity index (χ0n) is 18.6. The highest BCUT2D eigenvalue weighted by Gasteiger charge is 2.26. The Bertz CT molecular complexity index is 894. The molecule has 1 aliphatic heterocycles. The summed E-state index contributed by atoms with van der Waals surface area (Å²) < 4.78 is 0. The Hall–Kier alpha value is -2.25. The van der Waals surface area contributed by atoms with E-state index in [1.165, 1.54) is 11.3 Å². The van der Waals surface area contributed by atoms with Crippen LogP contribution in [0.25, 0.3) is 0 Å². The molecule has 3 rings (SSSR count). The number of para-hydroxylation sites is 1. The number of amides is 2. The van der Waals surface area contributed by atoms with Gasteiger partial charge in [0, 0.05) is 38.3 Å². The minimum atomic E-state index is -0.0104. The molecule has 0 spiro atoms. The van der Waals surface area contributed by atoms with Gasteiger partial charge in [-0.05, 0) is 37.8 Å². The lowest BCUT2D eigenvalue weighted by Crippen LogP contribution is -2.50. The Morgan fingerprint density at radius 3 is 2.33 bits per heavy atom. The Balaban J connectivity index is 1.53. The molecule has 1 fully saturated rings. The number of hydrogen-bond acceptors (Lipinski definition) is 5. The van der Waals surface area contributed by atoms with Gasteiger partial charge in [-0.2, -0.15) is 0 Å². The molecular weight excluding hydrogens is 396 g/mol. The number of rotatable bonds is 6. The number of nitrogens with one attached hydrogen (secondary N) is 1. The smallest absolute Gasteiger partial charge is 0.265 e. The van der Waals surface area contributed by atoms with Crippen molar-refractivity contribution in [2.45, 2.75) is 41.0 Å². The monoisotopic (exact) mass is 428 g/mol. The van der Waals surface area contributed by atoms with Crippen LogP contribution in [0.1, 0.15) is 45.3 Å². The van der Waals surface area contributed by atoms with Gasteiger partial charge in [-0.25, -0.2) is 4.98 Å². The summed E-state index contributed by atoms with van der Waals surface area (Å²) >= 11 is 1.52. The molecule has 1 N–H and O–H groups in total. The predicted octanol–water partition coefficient (Wildman–Crippen LogP) is 3.66. The van der Waals surface area contributed by atoms with Gasteiger partial charge in [-0.3, -0.25) is 14.5 Å². The van der Waals surface area contributed by atoms with Crippen molar-refractivity contribution in [3.63, 3.8) is 0 Å². The lowest BCUT2D eigenvalue weighted by molar-refractivity contribution is -0.117. The molecule has 0 saturated carbocycles. The summed E-state index contributed by atoms with van der Waals surface area (Å²) in [6, 6.07) is 6.00. The third-order valence-electron chi connectivity index (χ3n) is 5.39. The van der Waals surface area contributed by atoms with Crippen LogP contribution in [0.15, 0.2) is 18.2 Å². The Labute approximate surface area is 183 Å². The Morgan fingerprint density at radius 2 is 1.73 bits per heavy atom. The van der Waals surface area contributed by atoms with Gasteiger partial charge < -0.3 is 10.2 Å². The van der Waals surface area contributed by atoms with Crippen molar-refractivity contribution in [2.24, 2.45) is 5.92 Å². The van der Waals surface area contributed by atoms with E-state index in [0.717, 1.165) is 38.8 Å². The van der Waals surface area contributed by atoms with E-state index in [0.29, 0.717) is 38.6 Å². The van der Waals surface area contributed by atoms with Crippen molar-refractivity contribution in [1.82, 2.24) is 14.8 Å². The van der Waals surface area contributed by atoms with E-state index in [9.17, 15) is 9.59 Å². The largest absolute Gasteiger partial charge is 0.335 e. The average Bonchev–Trinajstić information content (AvgIpc) is 3.04. The summed E-state index contributed by atoms with van der Waals surface area (Å²) in [4.78, 5) is 34.8. The van der Waals surface area contributed by atoms with Crippen LogP contribution in [0.5, 0.6) is 0 Å². The Morgan fingerprint density at radius 1 is 1.10 bits per heavy atom. The van der Waals surface area contributed by atoms with Crippen molar-refractivity contribution in [3.05, 3.63) is 44.9 Å². The number of piperazine rings is 1. The third-order valence-corrected chi connectivity index (χ3v) is 6.56. The van der Waals surface area contributed by atoms with Crippen LogP contribution in [0, 0.1) is 26.7 Å². The predicted molar refractivity (Wildman–Crippen MR) is 122 cm³/mol. The van der Waals surface area contributed by atoms with Crippen LogP contribution >= 0.6 is 11.3 Å². The van der Waals surface area contributed by atoms with Crippen molar-refractivity contribution in [1.29, 1.82) is 0 Å². The number of anilines is 1. The molecular formula is C23H32N4O2S. The zero-order valence-corrected chi connectivity index (χ0v) is 19.4. The molecule has 1 saturated heterocycles. The number of aryl methyl sites for hydroxylation is 3. The van der Waals surface area contributed by atoms with Crippen LogP contribution in [0.4, 0.5) is 5.69 Å². The number of hydrogen-bond donors (Lipinski definition) is 1. The quantitative estimate of drug-likeness (QED) is 0.763. The van der Waals surface area contributed by atoms with Gasteiger partial charge in [0.15, 0.2) is 0 Å². The van der Waals surface area contributed by atoms with E-state index in [1.807, 2.05) is 43.9 Å². The van der Waals surface area contributed by atoms with Gasteiger partial charge in [0.2, 0.25) is 5.91 Å². The summed E-state index contributed by atoms with van der Waals surface area (Å²) in [6.45, 7) is 13.2. The number of benzene rings is 1. The van der Waals surface area contributed by atoms with Gasteiger partial charge in [-0.15, -0.1) is 11.3 Å². The lowest BCUT2D eigenvalue weighted by atomic mass is 10.1. The van der Waals surface area contributed by atoms with Crippen molar-refractivity contribution >= 4 is 28.8 Å². The maximum Gasteiger partial charge on any atom is 0.265 e. The van der Waals surface area contributed by atoms with Crippen LogP contribution in [-0.4, -0.2) is 59.3 Å². The van der Waals surface area contributed by atoms with Gasteiger partial charge in [0.05, 0.1) is 17.2 Å². The van der Waals surface area contributed by atoms with E-state index < -0.39 is 0 Å². The summed E-state index contributed by atoms with van der Waals surface area (Å²) in [6.07, 6.45) is 0.905. The van der Waals surface area contributed by atoms with Crippen LogP contribution < -0.4 is 5.32 Å². The number of carbonyl (C=O) groups excluding carboxylic acids is 2. The minimum absolute atomic E-state index is 0.0104. The van der Waals surface area contributed by atoms with E-state index in [4.69, 9.17) is 0 Å². The topological polar surface area (TPSA) is 65.5 Å². The fraction of sp³-hybridized carbons (Fsp3) is 0.522. The fourth-order valence-electron chi connectivity index (χ4n) is 3.73. The van der Waals surface area contributed by atoms with E-state index in [1.54, 1.807) is 0 Å². The average molecular weight is 429 g/mol. The lowest BCUT2D eigenvalue weighted by Gasteiger charge is -2.34. The van der Waals surface area contributed by atoms with Crippen LogP contribution in [0.3, 0.4) is 0 Å². The van der Waals surface area contributed by atoms with E-state index >= 15 is 0 Å². The third kappa shape index (κ3) is 5.46. The highest BCUT2D eigenvalue weighted by Crippen LogP contribution is 2.23. The van der Waals surface area contributed by atoms with E-state index in [2.05, 4.69) is 29.0 Å². The van der Waals surface area contributed by atoms with Gasteiger partial charge in [0.1, 0.15) is 4.88 Å². The van der Waals surface area contributed by atoms with E-state index in [-0.39, 0.29) is 11.8 Å². The first-order chi connectivity index (χ1) is 14.2. The number of nitrogens with zero attached hydrogens (tertiary/aromatic N) is 3. The van der Waals surface area contributed by atoms with Gasteiger partial charge in [-0.1, -0.05) is 32.0 Å². The maximum absolute atomic E-state index is 13.0. The molecule has 0 atom stereocenters.